The topological polar surface area (TPSA) is 32.6 Å². The molecule has 0 spiro atoms. The molecule has 2 atom stereocenters. The number of nitrogens with zero attached hydrogens (tertiary/aromatic N) is 1. The van der Waals surface area contributed by atoms with Crippen LogP contribution >= 0.6 is 11.8 Å². The van der Waals surface area contributed by atoms with Crippen LogP contribution in [0, 0.1) is 0 Å². The SMILES string of the molecule is C[C@H]1SC(c2ccccc2)=N[C@@H]1CO. The van der Waals surface area contributed by atoms with Crippen LogP contribution < -0.4 is 0 Å². The third-order valence-corrected chi connectivity index (χ3v) is 3.58. The van der Waals surface area contributed by atoms with Gasteiger partial charge in [0, 0.05) is 10.8 Å². The normalized spacial score (nSPS) is 26.3. The van der Waals surface area contributed by atoms with E-state index < -0.39 is 0 Å². The molecule has 0 radical (unpaired) electrons. The highest BCUT2D eigenvalue weighted by atomic mass is 32.2. The Labute approximate surface area is 88.1 Å². The second kappa shape index (κ2) is 4.15. The zero-order valence-corrected chi connectivity index (χ0v) is 8.87. The molecular formula is C11H13NOS. The molecule has 0 unspecified atom stereocenters. The van der Waals surface area contributed by atoms with Crippen LogP contribution in [0.5, 0.6) is 0 Å². The van der Waals surface area contributed by atoms with Crippen molar-refractivity contribution in [3.05, 3.63) is 35.9 Å². The second-order valence-electron chi connectivity index (χ2n) is 3.37. The van der Waals surface area contributed by atoms with E-state index in [0.717, 1.165) is 10.6 Å². The summed E-state index contributed by atoms with van der Waals surface area (Å²) in [6.07, 6.45) is 0. The molecule has 14 heavy (non-hydrogen) atoms. The van der Waals surface area contributed by atoms with Gasteiger partial charge in [0.15, 0.2) is 0 Å². The van der Waals surface area contributed by atoms with E-state index in [0.29, 0.717) is 5.25 Å². The fourth-order valence-electron chi connectivity index (χ4n) is 1.45. The summed E-state index contributed by atoms with van der Waals surface area (Å²) in [5.74, 6) is 0. The van der Waals surface area contributed by atoms with Crippen molar-refractivity contribution in [3.63, 3.8) is 0 Å². The van der Waals surface area contributed by atoms with Gasteiger partial charge in [-0.1, -0.05) is 37.3 Å². The van der Waals surface area contributed by atoms with Crippen LogP contribution in [0.1, 0.15) is 12.5 Å². The molecule has 2 rings (SSSR count). The third-order valence-electron chi connectivity index (χ3n) is 2.33. The number of rotatable bonds is 2. The third kappa shape index (κ3) is 1.83. The summed E-state index contributed by atoms with van der Waals surface area (Å²) >= 11 is 1.74. The minimum absolute atomic E-state index is 0.0650. The van der Waals surface area contributed by atoms with Crippen LogP contribution in [0.4, 0.5) is 0 Å². The summed E-state index contributed by atoms with van der Waals surface area (Å²) in [7, 11) is 0. The molecule has 1 aromatic carbocycles. The summed E-state index contributed by atoms with van der Waals surface area (Å²) in [5.41, 5.74) is 1.15. The summed E-state index contributed by atoms with van der Waals surface area (Å²) in [6, 6.07) is 10.2. The highest BCUT2D eigenvalue weighted by Crippen LogP contribution is 2.29. The molecule has 0 amide bonds. The van der Waals surface area contributed by atoms with Crippen molar-refractivity contribution in [3.8, 4) is 0 Å². The molecule has 0 aliphatic carbocycles. The van der Waals surface area contributed by atoms with Gasteiger partial charge in [-0.15, -0.1) is 11.8 Å². The highest BCUT2D eigenvalue weighted by molar-refractivity contribution is 8.15. The Morgan fingerprint density at radius 2 is 2.07 bits per heavy atom. The first kappa shape index (κ1) is 9.74. The number of aliphatic imine (C=N–C) groups is 1. The Morgan fingerprint density at radius 3 is 2.64 bits per heavy atom. The summed E-state index contributed by atoms with van der Waals surface area (Å²) in [5, 5.41) is 10.5. The number of aliphatic hydroxyl groups is 1. The van der Waals surface area contributed by atoms with Gasteiger partial charge in [0.05, 0.1) is 17.7 Å². The molecule has 74 valence electrons. The van der Waals surface area contributed by atoms with Crippen molar-refractivity contribution in [2.45, 2.75) is 18.2 Å². The van der Waals surface area contributed by atoms with Crippen LogP contribution in [-0.4, -0.2) is 28.0 Å². The van der Waals surface area contributed by atoms with E-state index in [1.165, 1.54) is 0 Å². The number of thioether (sulfide) groups is 1. The Kier molecular flexibility index (Phi) is 2.89. The monoisotopic (exact) mass is 207 g/mol. The second-order valence-corrected chi connectivity index (χ2v) is 4.74. The van der Waals surface area contributed by atoms with Crippen molar-refractivity contribution in [1.29, 1.82) is 0 Å². The molecule has 1 heterocycles. The van der Waals surface area contributed by atoms with Crippen molar-refractivity contribution in [1.82, 2.24) is 0 Å². The number of hydrogen-bond donors (Lipinski definition) is 1. The van der Waals surface area contributed by atoms with Gasteiger partial charge in [0.2, 0.25) is 0 Å². The molecule has 2 nitrogen and oxygen atoms in total. The quantitative estimate of drug-likeness (QED) is 0.803. The maximum Gasteiger partial charge on any atom is 0.0985 e. The van der Waals surface area contributed by atoms with Gasteiger partial charge in [0.25, 0.3) is 0 Å². The Balaban J connectivity index is 2.22. The lowest BCUT2D eigenvalue weighted by Gasteiger charge is -2.06. The fourth-order valence-corrected chi connectivity index (χ4v) is 2.58. The molecule has 0 saturated carbocycles. The maximum atomic E-state index is 9.08. The first-order valence-corrected chi connectivity index (χ1v) is 5.60. The fraction of sp³-hybridized carbons (Fsp3) is 0.364. The molecule has 1 aliphatic heterocycles. The van der Waals surface area contributed by atoms with E-state index in [2.05, 4.69) is 24.0 Å². The van der Waals surface area contributed by atoms with Gasteiger partial charge in [-0.2, -0.15) is 0 Å². The van der Waals surface area contributed by atoms with Crippen LogP contribution in [0.15, 0.2) is 35.3 Å². The van der Waals surface area contributed by atoms with Gasteiger partial charge >= 0.3 is 0 Å². The highest BCUT2D eigenvalue weighted by Gasteiger charge is 2.26. The molecular weight excluding hydrogens is 194 g/mol. The molecule has 1 N–H and O–H groups in total. The first-order chi connectivity index (χ1) is 6.81. The zero-order chi connectivity index (χ0) is 9.97. The van der Waals surface area contributed by atoms with Crippen molar-refractivity contribution in [2.75, 3.05) is 6.61 Å². The summed E-state index contributed by atoms with van der Waals surface area (Å²) in [6.45, 7) is 2.25. The largest absolute Gasteiger partial charge is 0.394 e. The van der Waals surface area contributed by atoms with Gasteiger partial charge in [-0.3, -0.25) is 4.99 Å². The van der Waals surface area contributed by atoms with E-state index in [9.17, 15) is 0 Å². The van der Waals surface area contributed by atoms with Crippen LogP contribution in [0.2, 0.25) is 0 Å². The molecule has 0 bridgehead atoms. The smallest absolute Gasteiger partial charge is 0.0985 e. The Morgan fingerprint density at radius 1 is 1.36 bits per heavy atom. The van der Waals surface area contributed by atoms with E-state index in [-0.39, 0.29) is 12.6 Å². The number of hydrogen-bond acceptors (Lipinski definition) is 3. The Bertz CT molecular complexity index is 336. The van der Waals surface area contributed by atoms with Gasteiger partial charge in [0.1, 0.15) is 0 Å². The van der Waals surface area contributed by atoms with Crippen molar-refractivity contribution in [2.24, 2.45) is 4.99 Å². The van der Waals surface area contributed by atoms with Gasteiger partial charge in [-0.05, 0) is 0 Å². The van der Waals surface area contributed by atoms with Gasteiger partial charge in [-0.25, -0.2) is 0 Å². The predicted molar refractivity (Wildman–Crippen MR) is 60.9 cm³/mol. The zero-order valence-electron chi connectivity index (χ0n) is 8.05. The van der Waals surface area contributed by atoms with Crippen LogP contribution in [0.3, 0.4) is 0 Å². The lowest BCUT2D eigenvalue weighted by Crippen LogP contribution is -2.17. The molecule has 0 saturated heterocycles. The summed E-state index contributed by atoms with van der Waals surface area (Å²) in [4.78, 5) is 4.49. The first-order valence-electron chi connectivity index (χ1n) is 4.72. The average molecular weight is 207 g/mol. The number of aliphatic hydroxyl groups excluding tert-OH is 1. The minimum Gasteiger partial charge on any atom is -0.394 e. The standard InChI is InChI=1S/C11H13NOS/c1-8-10(7-13)12-11(14-8)9-5-3-2-4-6-9/h2-6,8,10,13H,7H2,1H3/t8-,10-/m1/s1. The molecule has 0 fully saturated rings. The van der Waals surface area contributed by atoms with E-state index in [1.807, 2.05) is 18.2 Å². The molecule has 1 aliphatic rings. The van der Waals surface area contributed by atoms with Gasteiger partial charge < -0.3 is 5.11 Å². The van der Waals surface area contributed by atoms with Crippen LogP contribution in [0.25, 0.3) is 0 Å². The lowest BCUT2D eigenvalue weighted by molar-refractivity contribution is 0.268. The average Bonchev–Trinajstić information content (AvgIpc) is 2.61. The molecule has 1 aromatic rings. The minimum atomic E-state index is 0.0650. The lowest BCUT2D eigenvalue weighted by atomic mass is 10.2. The number of benzene rings is 1. The van der Waals surface area contributed by atoms with Crippen molar-refractivity contribution >= 4 is 16.8 Å². The molecule has 3 heteroatoms. The van der Waals surface area contributed by atoms with E-state index >= 15 is 0 Å². The summed E-state index contributed by atoms with van der Waals surface area (Å²) < 4.78 is 0. The Hall–Kier alpha value is -0.800. The van der Waals surface area contributed by atoms with Crippen LogP contribution in [-0.2, 0) is 0 Å². The van der Waals surface area contributed by atoms with E-state index in [4.69, 9.17) is 5.11 Å². The maximum absolute atomic E-state index is 9.08. The molecule has 0 aromatic heterocycles. The predicted octanol–water partition coefficient (Wildman–Crippen LogP) is 1.93. The van der Waals surface area contributed by atoms with E-state index in [1.54, 1.807) is 11.8 Å². The van der Waals surface area contributed by atoms with Crippen molar-refractivity contribution < 1.29 is 5.11 Å².